The number of ether oxygens (including phenoxy) is 2. The number of amides is 1. The molecular weight excluding hydrogens is 550 g/mol. The van der Waals surface area contributed by atoms with E-state index in [0.29, 0.717) is 23.6 Å². The van der Waals surface area contributed by atoms with Crippen molar-refractivity contribution in [3.63, 3.8) is 0 Å². The van der Waals surface area contributed by atoms with Crippen molar-refractivity contribution in [2.45, 2.75) is 49.9 Å². The monoisotopic (exact) mass is 583 g/mol. The highest BCUT2D eigenvalue weighted by atomic mass is 32.2. The minimum absolute atomic E-state index is 0.0255. The number of hydrogen-bond acceptors (Lipinski definition) is 6. The Hall–Kier alpha value is -3.95. The molecule has 3 atom stereocenters. The number of aliphatic hydroxyl groups excluding tert-OH is 1. The molecule has 42 heavy (non-hydrogen) atoms. The summed E-state index contributed by atoms with van der Waals surface area (Å²) < 4.78 is 12.9. The van der Waals surface area contributed by atoms with Crippen molar-refractivity contribution in [1.82, 2.24) is 5.32 Å². The highest BCUT2D eigenvalue weighted by Crippen LogP contribution is 2.40. The zero-order chi connectivity index (χ0) is 29.5. The molecule has 1 aliphatic heterocycles. The summed E-state index contributed by atoms with van der Waals surface area (Å²) in [7, 11) is 0. The standard InChI is InChI=1S/C34H33NO6S/c1-22(37)35-19-24-5-4-6-28(17-24)25-13-15-27(16-14-25)34-40-29(21-42-32-8-3-2-7-30(32)33(38)39)18-31(41-34)26-11-9-23(20-36)10-12-26/h2-17,29,31,34,36H,18-21H2,1H3,(H,35,37)(H,38,39)/t29-,31+,34+/m0/s1. The van der Waals surface area contributed by atoms with E-state index in [1.54, 1.807) is 12.1 Å². The van der Waals surface area contributed by atoms with Crippen LogP contribution in [-0.2, 0) is 27.4 Å². The summed E-state index contributed by atoms with van der Waals surface area (Å²) >= 11 is 1.47. The lowest BCUT2D eigenvalue weighted by Crippen LogP contribution is -2.31. The number of aromatic carboxylic acids is 1. The molecule has 1 fully saturated rings. The minimum atomic E-state index is -0.952. The van der Waals surface area contributed by atoms with Gasteiger partial charge in [0.1, 0.15) is 0 Å². The van der Waals surface area contributed by atoms with Crippen LogP contribution in [-0.4, -0.2) is 33.9 Å². The molecule has 0 aliphatic carbocycles. The molecular formula is C34H33NO6S. The van der Waals surface area contributed by atoms with Crippen LogP contribution in [0.1, 0.15) is 58.4 Å². The Kier molecular flexibility index (Phi) is 9.71. The third kappa shape index (κ3) is 7.46. The van der Waals surface area contributed by atoms with Crippen LogP contribution in [0.4, 0.5) is 0 Å². The third-order valence-corrected chi connectivity index (χ3v) is 8.35. The number of thioether (sulfide) groups is 1. The SMILES string of the molecule is CC(=O)NCc1cccc(-c2ccc([C@@H]3O[C@H](CSc4ccccc4C(=O)O)C[C@H](c4ccc(CO)cc4)O3)cc2)c1. The van der Waals surface area contributed by atoms with Crippen molar-refractivity contribution in [2.75, 3.05) is 5.75 Å². The van der Waals surface area contributed by atoms with Crippen LogP contribution >= 0.6 is 11.8 Å². The van der Waals surface area contributed by atoms with Crippen LogP contribution in [0.25, 0.3) is 11.1 Å². The molecule has 1 heterocycles. The number of carbonyl (C=O) groups is 2. The molecule has 4 aromatic carbocycles. The van der Waals surface area contributed by atoms with Gasteiger partial charge in [-0.05, 0) is 46.0 Å². The van der Waals surface area contributed by atoms with Crippen LogP contribution in [0.3, 0.4) is 0 Å². The van der Waals surface area contributed by atoms with Gasteiger partial charge in [-0.25, -0.2) is 4.79 Å². The fourth-order valence-corrected chi connectivity index (χ4v) is 5.96. The van der Waals surface area contributed by atoms with E-state index in [4.69, 9.17) is 9.47 Å². The van der Waals surface area contributed by atoms with Gasteiger partial charge in [0.2, 0.25) is 5.91 Å². The second kappa shape index (κ2) is 13.8. The minimum Gasteiger partial charge on any atom is -0.478 e. The molecule has 7 nitrogen and oxygen atoms in total. The Morgan fingerprint density at radius 1 is 0.857 bits per heavy atom. The maximum atomic E-state index is 11.7. The lowest BCUT2D eigenvalue weighted by Gasteiger charge is -2.36. The van der Waals surface area contributed by atoms with Crippen LogP contribution in [0, 0.1) is 0 Å². The van der Waals surface area contributed by atoms with Gasteiger partial charge in [-0.1, -0.05) is 78.9 Å². The van der Waals surface area contributed by atoms with Gasteiger partial charge in [-0.2, -0.15) is 0 Å². The van der Waals surface area contributed by atoms with Crippen LogP contribution < -0.4 is 5.32 Å². The fraction of sp³-hybridized carbons (Fsp3) is 0.235. The first-order valence-corrected chi connectivity index (χ1v) is 14.8. The maximum absolute atomic E-state index is 11.7. The number of rotatable bonds is 10. The van der Waals surface area contributed by atoms with Crippen molar-refractivity contribution in [3.05, 3.63) is 125 Å². The smallest absolute Gasteiger partial charge is 0.336 e. The maximum Gasteiger partial charge on any atom is 0.336 e. The van der Waals surface area contributed by atoms with Crippen molar-refractivity contribution in [3.8, 4) is 11.1 Å². The molecule has 4 aromatic rings. The second-order valence-electron chi connectivity index (χ2n) is 10.2. The number of carbonyl (C=O) groups excluding carboxylic acids is 1. The van der Waals surface area contributed by atoms with Crippen LogP contribution in [0.2, 0.25) is 0 Å². The van der Waals surface area contributed by atoms with Gasteiger partial charge >= 0.3 is 5.97 Å². The Bertz CT molecular complexity index is 1520. The lowest BCUT2D eigenvalue weighted by atomic mass is 9.99. The van der Waals surface area contributed by atoms with Crippen molar-refractivity contribution >= 4 is 23.6 Å². The highest BCUT2D eigenvalue weighted by molar-refractivity contribution is 7.99. The molecule has 1 amide bonds. The van der Waals surface area contributed by atoms with Gasteiger partial charge in [-0.15, -0.1) is 11.8 Å². The Morgan fingerprint density at radius 3 is 2.31 bits per heavy atom. The molecule has 0 spiro atoms. The normalized spacial score (nSPS) is 18.4. The van der Waals surface area contributed by atoms with Crippen molar-refractivity contribution in [2.24, 2.45) is 0 Å². The van der Waals surface area contributed by atoms with Crippen molar-refractivity contribution in [1.29, 1.82) is 0 Å². The Labute approximate surface area is 249 Å². The summed E-state index contributed by atoms with van der Waals surface area (Å²) in [5, 5.41) is 21.9. The number of carboxylic acid groups (broad SMARTS) is 1. The molecule has 1 saturated heterocycles. The molecule has 3 N–H and O–H groups in total. The molecule has 0 saturated carbocycles. The van der Waals surface area contributed by atoms with E-state index in [9.17, 15) is 19.8 Å². The van der Waals surface area contributed by atoms with E-state index >= 15 is 0 Å². The number of aliphatic hydroxyl groups is 1. The average molecular weight is 584 g/mol. The molecule has 0 aromatic heterocycles. The molecule has 5 rings (SSSR count). The zero-order valence-corrected chi connectivity index (χ0v) is 24.1. The first-order chi connectivity index (χ1) is 20.4. The predicted octanol–water partition coefficient (Wildman–Crippen LogP) is 6.52. The first kappa shape index (κ1) is 29.5. The summed E-state index contributed by atoms with van der Waals surface area (Å²) in [6, 6.07) is 30.9. The zero-order valence-electron chi connectivity index (χ0n) is 23.2. The van der Waals surface area contributed by atoms with E-state index in [0.717, 1.165) is 33.4 Å². The Morgan fingerprint density at radius 2 is 1.60 bits per heavy atom. The summed E-state index contributed by atoms with van der Waals surface area (Å²) in [5.41, 5.74) is 6.08. The fourth-order valence-electron chi connectivity index (χ4n) is 4.89. The average Bonchev–Trinajstić information content (AvgIpc) is 3.03. The van der Waals surface area contributed by atoms with E-state index in [2.05, 4.69) is 11.4 Å². The quantitative estimate of drug-likeness (QED) is 0.183. The predicted molar refractivity (Wildman–Crippen MR) is 162 cm³/mol. The van der Waals surface area contributed by atoms with Crippen LogP contribution in [0.15, 0.2) is 102 Å². The molecule has 0 bridgehead atoms. The van der Waals surface area contributed by atoms with Gasteiger partial charge < -0.3 is 25.0 Å². The summed E-state index contributed by atoms with van der Waals surface area (Å²) in [5.74, 6) is -0.455. The summed E-state index contributed by atoms with van der Waals surface area (Å²) in [6.45, 7) is 1.95. The topological polar surface area (TPSA) is 105 Å². The number of benzene rings is 4. The van der Waals surface area contributed by atoms with Gasteiger partial charge in [-0.3, -0.25) is 4.79 Å². The molecule has 8 heteroatoms. The highest BCUT2D eigenvalue weighted by Gasteiger charge is 2.32. The number of hydrogen-bond donors (Lipinski definition) is 3. The van der Waals surface area contributed by atoms with E-state index in [1.165, 1.54) is 18.7 Å². The number of carboxylic acids is 1. The van der Waals surface area contributed by atoms with E-state index < -0.39 is 12.3 Å². The molecule has 216 valence electrons. The van der Waals surface area contributed by atoms with Gasteiger partial charge in [0, 0.05) is 36.1 Å². The van der Waals surface area contributed by atoms with Gasteiger partial charge in [0.25, 0.3) is 0 Å². The van der Waals surface area contributed by atoms with Crippen LogP contribution in [0.5, 0.6) is 0 Å². The van der Waals surface area contributed by atoms with E-state index in [1.807, 2.05) is 78.9 Å². The molecule has 0 radical (unpaired) electrons. The van der Waals surface area contributed by atoms with Gasteiger partial charge in [0.05, 0.1) is 24.4 Å². The number of nitrogens with one attached hydrogen (secondary N) is 1. The lowest BCUT2D eigenvalue weighted by molar-refractivity contribution is -0.245. The van der Waals surface area contributed by atoms with E-state index in [-0.39, 0.29) is 30.3 Å². The summed E-state index contributed by atoms with van der Waals surface area (Å²) in [4.78, 5) is 23.7. The van der Waals surface area contributed by atoms with Crippen molar-refractivity contribution < 1.29 is 29.3 Å². The largest absolute Gasteiger partial charge is 0.478 e. The molecule has 0 unspecified atom stereocenters. The first-order valence-electron chi connectivity index (χ1n) is 13.8. The molecule has 1 aliphatic rings. The summed E-state index contributed by atoms with van der Waals surface area (Å²) in [6.07, 6.45) is -0.428. The second-order valence-corrected chi connectivity index (χ2v) is 11.3. The third-order valence-electron chi connectivity index (χ3n) is 7.14. The van der Waals surface area contributed by atoms with Gasteiger partial charge in [0.15, 0.2) is 6.29 Å². The Balaban J connectivity index is 1.35.